The minimum absolute atomic E-state index is 0. The van der Waals surface area contributed by atoms with Crippen LogP contribution in [0.2, 0.25) is 0 Å². The van der Waals surface area contributed by atoms with Crippen LogP contribution in [0.25, 0.3) is 0 Å². The first-order chi connectivity index (χ1) is 12.9. The van der Waals surface area contributed by atoms with Crippen LogP contribution in [0.4, 0.5) is 0 Å². The van der Waals surface area contributed by atoms with Crippen LogP contribution in [0.1, 0.15) is 0 Å². The van der Waals surface area contributed by atoms with Gasteiger partial charge in [0.25, 0.3) is 0 Å². The summed E-state index contributed by atoms with van der Waals surface area (Å²) < 4.78 is 0. The van der Waals surface area contributed by atoms with Crippen LogP contribution < -0.4 is 28.2 Å². The summed E-state index contributed by atoms with van der Waals surface area (Å²) in [6.07, 6.45) is 0. The average Bonchev–Trinajstić information content (AvgIpc) is 2.72. The van der Waals surface area contributed by atoms with Crippen molar-refractivity contribution < 1.29 is 28.2 Å². The summed E-state index contributed by atoms with van der Waals surface area (Å²) in [5.41, 5.74) is 0. The first-order valence-corrected chi connectivity index (χ1v) is 10.6. The molecule has 9 heteroatoms. The molecule has 33 heavy (non-hydrogen) atoms. The summed E-state index contributed by atoms with van der Waals surface area (Å²) in [5.74, 6) is 0. The normalized spacial score (nSPS) is 8.52. The van der Waals surface area contributed by atoms with Crippen molar-refractivity contribution in [1.82, 2.24) is 0 Å². The van der Waals surface area contributed by atoms with Gasteiger partial charge in [0.15, 0.2) is 14.7 Å². The summed E-state index contributed by atoms with van der Waals surface area (Å²) in [6.45, 7) is 0. The first kappa shape index (κ1) is 38.0. The average molecular weight is 560 g/mol. The molecular weight excluding hydrogens is 541 g/mol. The van der Waals surface area contributed by atoms with Gasteiger partial charge in [-0.1, -0.05) is 66.4 Å². The van der Waals surface area contributed by atoms with E-state index >= 15 is 0 Å². The van der Waals surface area contributed by atoms with Crippen molar-refractivity contribution in [1.29, 1.82) is 0 Å². The molecule has 0 aliphatic rings. The van der Waals surface area contributed by atoms with E-state index in [9.17, 15) is 0 Å². The second kappa shape index (κ2) is 19.2. The van der Waals surface area contributed by atoms with E-state index in [1.165, 1.54) is 24.5 Å². The molecular formula is C24H19AsF6S2-2. The Labute approximate surface area is 208 Å². The minimum Gasteiger partial charge on any atom is -1.00 e. The van der Waals surface area contributed by atoms with Crippen molar-refractivity contribution in [3.63, 3.8) is 0 Å². The molecule has 0 heterocycles. The molecule has 0 amide bonds. The van der Waals surface area contributed by atoms with Crippen LogP contribution in [-0.2, 0) is 10.9 Å². The molecule has 0 N–H and O–H groups in total. The molecule has 0 saturated carbocycles. The third kappa shape index (κ3) is 10.0. The maximum atomic E-state index is 2.27. The van der Waals surface area contributed by atoms with Crippen molar-refractivity contribution >= 4 is 40.6 Å². The van der Waals surface area contributed by atoms with Gasteiger partial charge in [0.05, 0.1) is 10.9 Å². The topological polar surface area (TPSA) is 0 Å². The Balaban J connectivity index is -0.000000601. The molecule has 0 aromatic heterocycles. The molecule has 4 rings (SSSR count). The van der Waals surface area contributed by atoms with Crippen LogP contribution in [0.15, 0.2) is 140 Å². The quantitative estimate of drug-likeness (QED) is 0.133. The van der Waals surface area contributed by atoms with E-state index in [0.29, 0.717) is 0 Å². The van der Waals surface area contributed by atoms with E-state index in [2.05, 4.69) is 115 Å². The standard InChI is InChI=1S/C24H19S2.As.6FH/c1-4-10-20(11-5-1)25-21-16-18-24(19-17-21)26(22-12-6-2-7-13-22)23-14-8-3-9-15-23;;;;;;;/h1-19H;;6*1H/q+1;+3;;;;;;/p-6. The van der Waals surface area contributed by atoms with Gasteiger partial charge in [-0.3, -0.25) is 0 Å². The third-order valence-electron chi connectivity index (χ3n) is 4.00. The molecule has 0 fully saturated rings. The van der Waals surface area contributed by atoms with E-state index < -0.39 is 0 Å². The second-order valence-electron chi connectivity index (χ2n) is 5.82. The van der Waals surface area contributed by atoms with Gasteiger partial charge < -0.3 is 28.2 Å². The number of halogens is 6. The van der Waals surface area contributed by atoms with Gasteiger partial charge in [-0.2, -0.15) is 0 Å². The summed E-state index contributed by atoms with van der Waals surface area (Å²) in [4.78, 5) is 6.58. The van der Waals surface area contributed by atoms with E-state index in [1.807, 2.05) is 0 Å². The molecule has 0 unspecified atom stereocenters. The SMILES string of the molecule is [As+3].[F-].[F-].[F-].[F-].[F-].[F-].c1ccc(Sc2ccc([S+](c3ccccc3)c3ccccc3)cc2)cc1. The fourth-order valence-electron chi connectivity index (χ4n) is 2.79. The van der Waals surface area contributed by atoms with Crippen molar-refractivity contribution in [2.24, 2.45) is 0 Å². The Morgan fingerprint density at radius 2 is 0.667 bits per heavy atom. The summed E-state index contributed by atoms with van der Waals surface area (Å²) in [5, 5.41) is 0. The Morgan fingerprint density at radius 1 is 0.364 bits per heavy atom. The second-order valence-corrected chi connectivity index (χ2v) is 8.99. The fraction of sp³-hybridized carbons (Fsp3) is 0. The van der Waals surface area contributed by atoms with Crippen molar-refractivity contribution in [3.05, 3.63) is 115 Å². The maximum Gasteiger partial charge on any atom is 3.00 e. The largest absolute Gasteiger partial charge is 3.00 e. The summed E-state index contributed by atoms with van der Waals surface area (Å²) in [7, 11) is -0.0786. The van der Waals surface area contributed by atoms with E-state index in [1.54, 1.807) is 11.8 Å². The molecule has 0 spiro atoms. The molecule has 0 atom stereocenters. The molecule has 0 aliphatic heterocycles. The van der Waals surface area contributed by atoms with Crippen LogP contribution in [0, 0.1) is 0 Å². The van der Waals surface area contributed by atoms with Crippen molar-refractivity contribution in [3.8, 4) is 0 Å². The minimum atomic E-state index is -0.0786. The molecule has 0 aliphatic carbocycles. The summed E-state index contributed by atoms with van der Waals surface area (Å²) >= 11 is 1.80. The van der Waals surface area contributed by atoms with Gasteiger partial charge >= 0.3 is 18.0 Å². The van der Waals surface area contributed by atoms with Gasteiger partial charge in [0.1, 0.15) is 0 Å². The van der Waals surface area contributed by atoms with Crippen LogP contribution in [0.5, 0.6) is 0 Å². The van der Waals surface area contributed by atoms with Crippen molar-refractivity contribution in [2.75, 3.05) is 0 Å². The Kier molecular flexibility index (Phi) is 22.1. The van der Waals surface area contributed by atoms with Gasteiger partial charge in [0.2, 0.25) is 0 Å². The zero-order valence-electron chi connectivity index (χ0n) is 17.0. The zero-order valence-corrected chi connectivity index (χ0v) is 20.5. The molecule has 4 aromatic rings. The number of hydrogen-bond acceptors (Lipinski definition) is 1. The first-order valence-electron chi connectivity index (χ1n) is 8.57. The molecule has 0 nitrogen and oxygen atoms in total. The van der Waals surface area contributed by atoms with Crippen LogP contribution >= 0.6 is 11.8 Å². The third-order valence-corrected chi connectivity index (χ3v) is 7.24. The Bertz CT molecular complexity index is 923. The Morgan fingerprint density at radius 3 is 1.06 bits per heavy atom. The molecule has 176 valence electrons. The molecule has 0 saturated heterocycles. The van der Waals surface area contributed by atoms with Gasteiger partial charge in [-0.15, -0.1) is 0 Å². The predicted molar refractivity (Wildman–Crippen MR) is 118 cm³/mol. The monoisotopic (exact) mass is 560 g/mol. The van der Waals surface area contributed by atoms with Crippen LogP contribution in [-0.4, -0.2) is 18.0 Å². The molecule has 2 radical (unpaired) electrons. The van der Waals surface area contributed by atoms with Gasteiger partial charge in [0, 0.05) is 9.79 Å². The zero-order chi connectivity index (χ0) is 17.6. The number of benzene rings is 4. The van der Waals surface area contributed by atoms with Crippen molar-refractivity contribution in [2.45, 2.75) is 24.5 Å². The Hall–Kier alpha value is -2.28. The van der Waals surface area contributed by atoms with Gasteiger partial charge in [-0.05, 0) is 60.7 Å². The van der Waals surface area contributed by atoms with Crippen LogP contribution in [0.3, 0.4) is 0 Å². The smallest absolute Gasteiger partial charge is 1.00 e. The molecule has 0 bridgehead atoms. The molecule has 4 aromatic carbocycles. The van der Waals surface area contributed by atoms with E-state index in [4.69, 9.17) is 0 Å². The van der Waals surface area contributed by atoms with Gasteiger partial charge in [-0.25, -0.2) is 0 Å². The predicted octanol–water partition coefficient (Wildman–Crippen LogP) is -11.4. The maximum absolute atomic E-state index is 2.27. The van der Waals surface area contributed by atoms with E-state index in [-0.39, 0.29) is 57.1 Å². The summed E-state index contributed by atoms with van der Waals surface area (Å²) in [6, 6.07) is 41.1. The van der Waals surface area contributed by atoms with E-state index in [0.717, 1.165) is 0 Å². The number of rotatable bonds is 5. The fourth-order valence-corrected chi connectivity index (χ4v) is 5.71. The number of hydrogen-bond donors (Lipinski definition) is 0.